The number of benzene rings is 4. The molecule has 0 fully saturated rings. The summed E-state index contributed by atoms with van der Waals surface area (Å²) in [4.78, 5) is 7.20. The Morgan fingerprint density at radius 2 is 1.42 bits per heavy atom. The third-order valence-corrected chi connectivity index (χ3v) is 7.48. The molecular formula is C27H22N2SSi. The van der Waals surface area contributed by atoms with Crippen molar-refractivity contribution in [2.75, 3.05) is 4.90 Å². The standard InChI is InChI=1S/C27H22N2SSi/c1-19-9-3-5-11-23(19)29(24-12-6-8-14-26(24)31-2)21-17-15-20(16-18-21)27-28-22-10-4-7-13-25(22)30-27/h3-18H,1-2H3. The Bertz CT molecular complexity index is 1310. The molecule has 0 amide bonds. The van der Waals surface area contributed by atoms with Crippen molar-refractivity contribution < 1.29 is 0 Å². The van der Waals surface area contributed by atoms with Gasteiger partial charge in [0.15, 0.2) is 0 Å². The summed E-state index contributed by atoms with van der Waals surface area (Å²) in [5.41, 5.74) is 7.08. The van der Waals surface area contributed by atoms with Crippen LogP contribution in [0.1, 0.15) is 5.56 Å². The third kappa shape index (κ3) is 3.80. The quantitative estimate of drug-likeness (QED) is 0.274. The number of hydrogen-bond acceptors (Lipinski definition) is 3. The maximum atomic E-state index is 4.82. The van der Waals surface area contributed by atoms with E-state index in [4.69, 9.17) is 4.98 Å². The van der Waals surface area contributed by atoms with E-state index in [0.717, 1.165) is 31.3 Å². The second kappa shape index (κ2) is 8.50. The summed E-state index contributed by atoms with van der Waals surface area (Å²) >= 11 is 1.74. The molecule has 1 heterocycles. The molecule has 0 aliphatic heterocycles. The maximum Gasteiger partial charge on any atom is 0.124 e. The van der Waals surface area contributed by atoms with Crippen LogP contribution in [0.4, 0.5) is 17.1 Å². The van der Waals surface area contributed by atoms with Crippen LogP contribution in [0, 0.1) is 6.92 Å². The van der Waals surface area contributed by atoms with E-state index in [1.165, 1.54) is 26.8 Å². The number of aryl methyl sites for hydroxylation is 1. The highest BCUT2D eigenvalue weighted by Crippen LogP contribution is 2.37. The molecule has 5 aromatic rings. The molecule has 0 saturated heterocycles. The van der Waals surface area contributed by atoms with E-state index in [0.29, 0.717) is 0 Å². The fourth-order valence-corrected chi connectivity index (χ4v) is 5.54. The molecule has 31 heavy (non-hydrogen) atoms. The zero-order chi connectivity index (χ0) is 21.2. The highest BCUT2D eigenvalue weighted by atomic mass is 32.1. The lowest BCUT2D eigenvalue weighted by Crippen LogP contribution is -2.22. The predicted octanol–water partition coefficient (Wildman–Crippen LogP) is 7.12. The van der Waals surface area contributed by atoms with E-state index in [1.807, 2.05) is 6.07 Å². The van der Waals surface area contributed by atoms with Gasteiger partial charge in [-0.05, 0) is 66.2 Å². The lowest BCUT2D eigenvalue weighted by Gasteiger charge is -2.29. The number of aromatic nitrogens is 1. The molecule has 0 aliphatic rings. The second-order valence-corrected chi connectivity index (χ2v) is 9.49. The van der Waals surface area contributed by atoms with Gasteiger partial charge in [0.25, 0.3) is 0 Å². The van der Waals surface area contributed by atoms with Crippen molar-refractivity contribution in [3.63, 3.8) is 0 Å². The third-order valence-electron chi connectivity index (χ3n) is 5.44. The zero-order valence-corrected chi connectivity index (χ0v) is 19.4. The Hall–Kier alpha value is -3.21. The van der Waals surface area contributed by atoms with Gasteiger partial charge in [-0.3, -0.25) is 0 Å². The number of nitrogens with zero attached hydrogens (tertiary/aromatic N) is 2. The molecule has 0 spiro atoms. The van der Waals surface area contributed by atoms with E-state index < -0.39 is 0 Å². The Labute approximate surface area is 189 Å². The van der Waals surface area contributed by atoms with Gasteiger partial charge >= 0.3 is 0 Å². The average molecular weight is 435 g/mol. The van der Waals surface area contributed by atoms with Gasteiger partial charge in [-0.1, -0.05) is 55.1 Å². The number of hydrogen-bond donors (Lipinski definition) is 0. The van der Waals surface area contributed by atoms with Gasteiger partial charge in [-0.2, -0.15) is 0 Å². The summed E-state index contributed by atoms with van der Waals surface area (Å²) < 4.78 is 1.22. The maximum absolute atomic E-state index is 4.82. The average Bonchev–Trinajstić information content (AvgIpc) is 3.26. The topological polar surface area (TPSA) is 16.1 Å². The van der Waals surface area contributed by atoms with Gasteiger partial charge in [0.05, 0.1) is 19.7 Å². The van der Waals surface area contributed by atoms with Crippen LogP contribution < -0.4 is 10.1 Å². The molecule has 2 nitrogen and oxygen atoms in total. The molecule has 4 heteroatoms. The molecule has 0 N–H and O–H groups in total. The molecule has 0 saturated carbocycles. The van der Waals surface area contributed by atoms with Crippen LogP contribution >= 0.6 is 11.3 Å². The number of thiazole rings is 1. The number of fused-ring (bicyclic) bond motifs is 1. The first-order valence-corrected chi connectivity index (χ1v) is 12.6. The van der Waals surface area contributed by atoms with Gasteiger partial charge in [0.1, 0.15) is 5.01 Å². The molecule has 4 aromatic carbocycles. The fraction of sp³-hybridized carbons (Fsp3) is 0.0741. The summed E-state index contributed by atoms with van der Waals surface area (Å²) in [6.45, 7) is 4.42. The molecule has 0 atom stereocenters. The summed E-state index contributed by atoms with van der Waals surface area (Å²) in [6, 6.07) is 34.4. The van der Waals surface area contributed by atoms with Gasteiger partial charge in [-0.25, -0.2) is 4.98 Å². The number of rotatable bonds is 5. The van der Waals surface area contributed by atoms with E-state index in [1.54, 1.807) is 11.3 Å². The van der Waals surface area contributed by atoms with Crippen molar-refractivity contribution >= 4 is 53.3 Å². The molecule has 5 rings (SSSR count). The van der Waals surface area contributed by atoms with Gasteiger partial charge in [-0.15, -0.1) is 11.3 Å². The Balaban J connectivity index is 1.60. The minimum absolute atomic E-state index is 0.727. The van der Waals surface area contributed by atoms with Crippen LogP contribution in [0.5, 0.6) is 0 Å². The van der Waals surface area contributed by atoms with E-state index in [-0.39, 0.29) is 0 Å². The van der Waals surface area contributed by atoms with Crippen LogP contribution in [0.2, 0.25) is 6.55 Å². The first-order valence-electron chi connectivity index (χ1n) is 10.3. The predicted molar refractivity (Wildman–Crippen MR) is 136 cm³/mol. The molecule has 1 aromatic heterocycles. The van der Waals surface area contributed by atoms with E-state index in [9.17, 15) is 0 Å². The minimum Gasteiger partial charge on any atom is -0.310 e. The van der Waals surface area contributed by atoms with Gasteiger partial charge < -0.3 is 4.90 Å². The Kier molecular flexibility index (Phi) is 5.41. The van der Waals surface area contributed by atoms with Crippen molar-refractivity contribution in [2.45, 2.75) is 13.5 Å². The summed E-state index contributed by atoms with van der Waals surface area (Å²) in [6.07, 6.45) is 0. The van der Waals surface area contributed by atoms with Crippen LogP contribution in [0.15, 0.2) is 97.1 Å². The first kappa shape index (κ1) is 19.7. The van der Waals surface area contributed by atoms with Crippen molar-refractivity contribution in [3.05, 3.63) is 103 Å². The van der Waals surface area contributed by atoms with Crippen LogP contribution in [0.25, 0.3) is 20.8 Å². The molecule has 150 valence electrons. The lowest BCUT2D eigenvalue weighted by atomic mass is 10.1. The second-order valence-electron chi connectivity index (χ2n) is 7.42. The fourth-order valence-electron chi connectivity index (χ4n) is 3.85. The van der Waals surface area contributed by atoms with Crippen molar-refractivity contribution in [1.29, 1.82) is 0 Å². The minimum atomic E-state index is 0.727. The van der Waals surface area contributed by atoms with Crippen molar-refractivity contribution in [2.24, 2.45) is 0 Å². The zero-order valence-electron chi connectivity index (χ0n) is 17.5. The molecule has 2 radical (unpaired) electrons. The van der Waals surface area contributed by atoms with E-state index in [2.05, 4.69) is 109 Å². The lowest BCUT2D eigenvalue weighted by molar-refractivity contribution is 1.26. The normalized spacial score (nSPS) is 11.0. The molecule has 0 bridgehead atoms. The monoisotopic (exact) mass is 434 g/mol. The smallest absolute Gasteiger partial charge is 0.124 e. The largest absolute Gasteiger partial charge is 0.310 e. The summed E-state index contributed by atoms with van der Waals surface area (Å²) in [7, 11) is 0.727. The number of anilines is 3. The Morgan fingerprint density at radius 3 is 2.16 bits per heavy atom. The summed E-state index contributed by atoms with van der Waals surface area (Å²) in [5, 5.41) is 2.42. The highest BCUT2D eigenvalue weighted by Gasteiger charge is 2.17. The first-order chi connectivity index (χ1) is 15.2. The molecule has 0 aliphatic carbocycles. The molecule has 0 unspecified atom stereocenters. The molecular weight excluding hydrogens is 412 g/mol. The highest BCUT2D eigenvalue weighted by molar-refractivity contribution is 7.21. The van der Waals surface area contributed by atoms with Crippen LogP contribution in [-0.2, 0) is 0 Å². The van der Waals surface area contributed by atoms with Crippen molar-refractivity contribution in [1.82, 2.24) is 4.98 Å². The SMILES string of the molecule is C[Si]c1ccccc1N(c1ccc(-c2nc3ccccc3s2)cc1)c1ccccc1C. The van der Waals surface area contributed by atoms with E-state index >= 15 is 0 Å². The summed E-state index contributed by atoms with van der Waals surface area (Å²) in [5.74, 6) is 0. The number of para-hydroxylation sites is 3. The Morgan fingerprint density at radius 1 is 0.742 bits per heavy atom. The van der Waals surface area contributed by atoms with Gasteiger partial charge in [0, 0.05) is 22.6 Å². The van der Waals surface area contributed by atoms with Crippen LogP contribution in [-0.4, -0.2) is 14.5 Å². The van der Waals surface area contributed by atoms with Gasteiger partial charge in [0.2, 0.25) is 0 Å². The van der Waals surface area contributed by atoms with Crippen LogP contribution in [0.3, 0.4) is 0 Å². The van der Waals surface area contributed by atoms with Crippen molar-refractivity contribution in [3.8, 4) is 10.6 Å².